The van der Waals surface area contributed by atoms with E-state index in [0.717, 1.165) is 5.75 Å². The molecule has 0 saturated carbocycles. The summed E-state index contributed by atoms with van der Waals surface area (Å²) in [5.74, 6) is 1.26. The van der Waals surface area contributed by atoms with Crippen LogP contribution < -0.4 is 10.1 Å². The minimum atomic E-state index is -0.561. The fourth-order valence-electron chi connectivity index (χ4n) is 2.11. The van der Waals surface area contributed by atoms with Gasteiger partial charge in [0.25, 0.3) is 0 Å². The molecular formula is C17H14FN5O. The molecule has 120 valence electrons. The SMILES string of the molecule is N#Cc1c(F)cccc1NCc1n[nH]c(COc2ccccc2)n1. The number of aromatic nitrogens is 3. The Morgan fingerprint density at radius 3 is 2.79 bits per heavy atom. The van der Waals surface area contributed by atoms with Crippen molar-refractivity contribution in [3.8, 4) is 11.8 Å². The van der Waals surface area contributed by atoms with Crippen molar-refractivity contribution in [1.82, 2.24) is 15.2 Å². The lowest BCUT2D eigenvalue weighted by molar-refractivity contribution is 0.296. The first kappa shape index (κ1) is 15.5. The predicted molar refractivity (Wildman–Crippen MR) is 85.6 cm³/mol. The number of ether oxygens (including phenoxy) is 1. The van der Waals surface area contributed by atoms with E-state index >= 15 is 0 Å². The van der Waals surface area contributed by atoms with Gasteiger partial charge in [0.2, 0.25) is 0 Å². The number of rotatable bonds is 6. The lowest BCUT2D eigenvalue weighted by Crippen LogP contribution is -2.04. The Morgan fingerprint density at radius 1 is 1.17 bits per heavy atom. The number of nitriles is 1. The van der Waals surface area contributed by atoms with Gasteiger partial charge < -0.3 is 10.1 Å². The number of para-hydroxylation sites is 1. The first-order valence-electron chi connectivity index (χ1n) is 7.27. The van der Waals surface area contributed by atoms with E-state index < -0.39 is 5.82 Å². The first-order chi connectivity index (χ1) is 11.8. The van der Waals surface area contributed by atoms with Crippen molar-refractivity contribution < 1.29 is 9.13 Å². The van der Waals surface area contributed by atoms with Crippen molar-refractivity contribution in [3.63, 3.8) is 0 Å². The third-order valence-electron chi connectivity index (χ3n) is 3.26. The van der Waals surface area contributed by atoms with Crippen LogP contribution in [0, 0.1) is 17.1 Å². The van der Waals surface area contributed by atoms with Crippen LogP contribution in [0.3, 0.4) is 0 Å². The molecule has 0 saturated heterocycles. The van der Waals surface area contributed by atoms with Crippen LogP contribution in [0.25, 0.3) is 0 Å². The van der Waals surface area contributed by atoms with Gasteiger partial charge >= 0.3 is 0 Å². The molecule has 1 aromatic heterocycles. The van der Waals surface area contributed by atoms with Crippen LogP contribution in [0.2, 0.25) is 0 Å². The van der Waals surface area contributed by atoms with Crippen LogP contribution in [0.1, 0.15) is 17.2 Å². The number of hydrogen-bond donors (Lipinski definition) is 2. The van der Waals surface area contributed by atoms with Gasteiger partial charge in [0.05, 0.1) is 12.2 Å². The van der Waals surface area contributed by atoms with Gasteiger partial charge in [0.15, 0.2) is 11.6 Å². The van der Waals surface area contributed by atoms with Gasteiger partial charge in [-0.15, -0.1) is 0 Å². The molecule has 6 nitrogen and oxygen atoms in total. The fourth-order valence-corrected chi connectivity index (χ4v) is 2.11. The van der Waals surface area contributed by atoms with Gasteiger partial charge in [-0.1, -0.05) is 24.3 Å². The largest absolute Gasteiger partial charge is 0.486 e. The van der Waals surface area contributed by atoms with Crippen LogP contribution >= 0.6 is 0 Å². The molecule has 0 bridgehead atoms. The molecule has 2 aromatic carbocycles. The Hall–Kier alpha value is -3.40. The zero-order valence-electron chi connectivity index (χ0n) is 12.7. The van der Waals surface area contributed by atoms with E-state index in [0.29, 0.717) is 17.3 Å². The second-order valence-electron chi connectivity index (χ2n) is 4.93. The normalized spacial score (nSPS) is 10.2. The fraction of sp³-hybridized carbons (Fsp3) is 0.118. The summed E-state index contributed by atoms with van der Waals surface area (Å²) in [6, 6.07) is 15.6. The third kappa shape index (κ3) is 3.67. The number of H-pyrrole nitrogens is 1. The Kier molecular flexibility index (Phi) is 4.68. The van der Waals surface area contributed by atoms with E-state index in [9.17, 15) is 4.39 Å². The standard InChI is InChI=1S/C17H14FN5O/c18-14-7-4-8-15(13(14)9-19)20-10-16-21-17(23-22-16)11-24-12-5-2-1-3-6-12/h1-8,20H,10-11H2,(H,21,22,23). The Labute approximate surface area is 137 Å². The van der Waals surface area contributed by atoms with Crippen molar-refractivity contribution in [2.24, 2.45) is 0 Å². The highest BCUT2D eigenvalue weighted by molar-refractivity contribution is 5.57. The maximum Gasteiger partial charge on any atom is 0.169 e. The van der Waals surface area contributed by atoms with E-state index in [1.54, 1.807) is 6.07 Å². The first-order valence-corrected chi connectivity index (χ1v) is 7.27. The molecule has 0 fully saturated rings. The smallest absolute Gasteiger partial charge is 0.169 e. The summed E-state index contributed by atoms with van der Waals surface area (Å²) < 4.78 is 19.1. The van der Waals surface area contributed by atoms with E-state index in [-0.39, 0.29) is 18.7 Å². The summed E-state index contributed by atoms with van der Waals surface area (Å²) in [5.41, 5.74) is 0.380. The quantitative estimate of drug-likeness (QED) is 0.728. The number of aromatic amines is 1. The van der Waals surface area contributed by atoms with Crippen LogP contribution in [0.4, 0.5) is 10.1 Å². The number of halogens is 1. The summed E-state index contributed by atoms with van der Waals surface area (Å²) in [4.78, 5) is 4.29. The minimum Gasteiger partial charge on any atom is -0.486 e. The van der Waals surface area contributed by atoms with Gasteiger partial charge in [0, 0.05) is 0 Å². The van der Waals surface area contributed by atoms with Crippen LogP contribution in [0.5, 0.6) is 5.75 Å². The highest BCUT2D eigenvalue weighted by Gasteiger charge is 2.09. The van der Waals surface area contributed by atoms with E-state index in [2.05, 4.69) is 20.5 Å². The average Bonchev–Trinajstić information content (AvgIpc) is 3.07. The molecular weight excluding hydrogens is 309 g/mol. The number of benzene rings is 2. The summed E-state index contributed by atoms with van der Waals surface area (Å²) in [6.45, 7) is 0.528. The maximum absolute atomic E-state index is 13.5. The van der Waals surface area contributed by atoms with Gasteiger partial charge in [-0.2, -0.15) is 10.4 Å². The maximum atomic E-state index is 13.5. The molecule has 0 aliphatic heterocycles. The summed E-state index contributed by atoms with van der Waals surface area (Å²) in [7, 11) is 0. The van der Waals surface area contributed by atoms with Crippen LogP contribution in [0.15, 0.2) is 48.5 Å². The molecule has 3 rings (SSSR count). The van der Waals surface area contributed by atoms with Crippen molar-refractivity contribution in [1.29, 1.82) is 5.26 Å². The molecule has 1 heterocycles. The third-order valence-corrected chi connectivity index (χ3v) is 3.26. The Morgan fingerprint density at radius 2 is 2.00 bits per heavy atom. The van der Waals surface area contributed by atoms with E-state index in [1.807, 2.05) is 36.4 Å². The second-order valence-corrected chi connectivity index (χ2v) is 4.93. The van der Waals surface area contributed by atoms with Crippen molar-refractivity contribution in [3.05, 3.63) is 71.6 Å². The molecule has 0 amide bonds. The lowest BCUT2D eigenvalue weighted by atomic mass is 10.2. The van der Waals surface area contributed by atoms with E-state index in [1.165, 1.54) is 12.1 Å². The highest BCUT2D eigenvalue weighted by atomic mass is 19.1. The topological polar surface area (TPSA) is 86.6 Å². The molecule has 0 unspecified atom stereocenters. The number of hydrogen-bond acceptors (Lipinski definition) is 5. The molecule has 0 radical (unpaired) electrons. The molecule has 3 aromatic rings. The molecule has 0 aliphatic rings. The second kappa shape index (κ2) is 7.24. The molecule has 0 atom stereocenters. The van der Waals surface area contributed by atoms with E-state index in [4.69, 9.17) is 10.00 Å². The van der Waals surface area contributed by atoms with Crippen molar-refractivity contribution >= 4 is 5.69 Å². The molecule has 24 heavy (non-hydrogen) atoms. The average molecular weight is 323 g/mol. The van der Waals surface area contributed by atoms with Gasteiger partial charge in [-0.25, -0.2) is 9.37 Å². The summed E-state index contributed by atoms with van der Waals surface area (Å²) in [5, 5.41) is 18.8. The number of nitrogens with zero attached hydrogens (tertiary/aromatic N) is 3. The summed E-state index contributed by atoms with van der Waals surface area (Å²) in [6.07, 6.45) is 0. The predicted octanol–water partition coefficient (Wildman–Crippen LogP) is 3.01. The monoisotopic (exact) mass is 323 g/mol. The molecule has 0 aliphatic carbocycles. The van der Waals surface area contributed by atoms with Gasteiger partial charge in [-0.3, -0.25) is 5.10 Å². The minimum absolute atomic E-state index is 0.0272. The zero-order chi connectivity index (χ0) is 16.8. The van der Waals surface area contributed by atoms with Gasteiger partial charge in [-0.05, 0) is 24.3 Å². The van der Waals surface area contributed by atoms with Crippen LogP contribution in [-0.2, 0) is 13.2 Å². The number of nitrogens with one attached hydrogen (secondary N) is 2. The molecule has 7 heteroatoms. The zero-order valence-corrected chi connectivity index (χ0v) is 12.7. The Balaban J connectivity index is 1.59. The summed E-state index contributed by atoms with van der Waals surface area (Å²) >= 11 is 0. The Bertz CT molecular complexity index is 857. The van der Waals surface area contributed by atoms with Crippen LogP contribution in [-0.4, -0.2) is 15.2 Å². The number of anilines is 1. The van der Waals surface area contributed by atoms with Crippen molar-refractivity contribution in [2.75, 3.05) is 5.32 Å². The highest BCUT2D eigenvalue weighted by Crippen LogP contribution is 2.18. The lowest BCUT2D eigenvalue weighted by Gasteiger charge is -2.06. The van der Waals surface area contributed by atoms with Crippen molar-refractivity contribution in [2.45, 2.75) is 13.2 Å². The van der Waals surface area contributed by atoms with Gasteiger partial charge in [0.1, 0.15) is 29.8 Å². The molecule has 2 N–H and O–H groups in total. The molecule has 0 spiro atoms.